The smallest absolute Gasteiger partial charge is 0.251 e. The normalized spacial score (nSPS) is 10.4. The number of amides is 1. The zero-order chi connectivity index (χ0) is 15.2. The molecule has 0 aliphatic rings. The molecule has 2 N–H and O–H groups in total. The highest BCUT2D eigenvalue weighted by Gasteiger charge is 2.06. The lowest BCUT2D eigenvalue weighted by atomic mass is 10.1. The van der Waals surface area contributed by atoms with Gasteiger partial charge < -0.3 is 5.32 Å². The molecule has 0 unspecified atom stereocenters. The molecule has 5 heteroatoms. The maximum absolute atomic E-state index is 12.1. The van der Waals surface area contributed by atoms with E-state index in [1.807, 2.05) is 42.5 Å². The van der Waals surface area contributed by atoms with Gasteiger partial charge in [-0.3, -0.25) is 14.9 Å². The van der Waals surface area contributed by atoms with Gasteiger partial charge in [-0.25, -0.2) is 0 Å². The molecule has 110 valence electrons. The summed E-state index contributed by atoms with van der Waals surface area (Å²) in [6.07, 6.45) is 6.01. The Morgan fingerprint density at radius 3 is 2.45 bits per heavy atom. The molecular weight excluding hydrogens is 276 g/mol. The van der Waals surface area contributed by atoms with Gasteiger partial charge in [-0.15, -0.1) is 0 Å². The lowest BCUT2D eigenvalue weighted by molar-refractivity contribution is 0.0954. The average molecular weight is 292 g/mol. The van der Waals surface area contributed by atoms with Crippen LogP contribution in [0.5, 0.6) is 0 Å². The minimum absolute atomic E-state index is 0.0646. The van der Waals surface area contributed by atoms with E-state index in [9.17, 15) is 4.79 Å². The monoisotopic (exact) mass is 292 g/mol. The largest absolute Gasteiger partial charge is 0.352 e. The van der Waals surface area contributed by atoms with E-state index in [1.54, 1.807) is 18.6 Å². The molecule has 5 nitrogen and oxygen atoms in total. The summed E-state index contributed by atoms with van der Waals surface area (Å²) < 4.78 is 0. The summed E-state index contributed by atoms with van der Waals surface area (Å²) >= 11 is 0. The van der Waals surface area contributed by atoms with E-state index >= 15 is 0 Å². The molecule has 0 aliphatic heterocycles. The molecule has 3 aromatic rings. The number of rotatable bonds is 5. The van der Waals surface area contributed by atoms with Crippen LogP contribution >= 0.6 is 0 Å². The summed E-state index contributed by atoms with van der Waals surface area (Å²) in [6.45, 7) is 0.602. The van der Waals surface area contributed by atoms with Crippen molar-refractivity contribution in [1.82, 2.24) is 20.5 Å². The van der Waals surface area contributed by atoms with Gasteiger partial charge in [0, 0.05) is 30.7 Å². The van der Waals surface area contributed by atoms with Gasteiger partial charge in [-0.1, -0.05) is 12.1 Å². The Morgan fingerprint density at radius 1 is 1.00 bits per heavy atom. The number of hydrogen-bond donors (Lipinski definition) is 2. The second-order valence-electron chi connectivity index (χ2n) is 4.91. The highest BCUT2D eigenvalue weighted by molar-refractivity contribution is 5.94. The number of aromatic nitrogens is 3. The van der Waals surface area contributed by atoms with Crippen molar-refractivity contribution < 1.29 is 4.79 Å². The van der Waals surface area contributed by atoms with Gasteiger partial charge in [0.05, 0.1) is 5.69 Å². The molecule has 1 amide bonds. The predicted molar refractivity (Wildman–Crippen MR) is 84.3 cm³/mol. The molecule has 0 fully saturated rings. The second kappa shape index (κ2) is 6.67. The fourth-order valence-electron chi connectivity index (χ4n) is 2.19. The van der Waals surface area contributed by atoms with Gasteiger partial charge in [0.25, 0.3) is 5.91 Å². The van der Waals surface area contributed by atoms with Crippen molar-refractivity contribution in [2.75, 3.05) is 6.54 Å². The Morgan fingerprint density at radius 2 is 1.77 bits per heavy atom. The molecule has 1 aromatic carbocycles. The van der Waals surface area contributed by atoms with Crippen molar-refractivity contribution in [3.63, 3.8) is 0 Å². The van der Waals surface area contributed by atoms with Crippen molar-refractivity contribution >= 4 is 5.91 Å². The molecule has 0 radical (unpaired) electrons. The molecule has 2 aromatic heterocycles. The third-order valence-electron chi connectivity index (χ3n) is 3.41. The quantitative estimate of drug-likeness (QED) is 0.759. The van der Waals surface area contributed by atoms with Crippen molar-refractivity contribution in [3.05, 3.63) is 72.2 Å². The Kier molecular flexibility index (Phi) is 4.25. The predicted octanol–water partition coefficient (Wildman–Crippen LogP) is 2.44. The molecule has 0 spiro atoms. The molecular formula is C17H16N4O. The van der Waals surface area contributed by atoms with Crippen LogP contribution in [0.15, 0.2) is 61.1 Å². The SMILES string of the molecule is O=C(NCCc1ccncc1)c1ccc(-c2ccn[nH]2)cc1. The van der Waals surface area contributed by atoms with E-state index in [-0.39, 0.29) is 5.91 Å². The van der Waals surface area contributed by atoms with E-state index in [4.69, 9.17) is 0 Å². The van der Waals surface area contributed by atoms with Crippen LogP contribution in [-0.4, -0.2) is 27.6 Å². The first-order valence-corrected chi connectivity index (χ1v) is 7.10. The molecule has 0 saturated carbocycles. The minimum Gasteiger partial charge on any atom is -0.352 e. The highest BCUT2D eigenvalue weighted by Crippen LogP contribution is 2.16. The van der Waals surface area contributed by atoms with Gasteiger partial charge in [0.15, 0.2) is 0 Å². The van der Waals surface area contributed by atoms with Crippen LogP contribution < -0.4 is 5.32 Å². The summed E-state index contributed by atoms with van der Waals surface area (Å²) in [5, 5.41) is 9.74. The van der Waals surface area contributed by atoms with Crippen LogP contribution in [0.1, 0.15) is 15.9 Å². The van der Waals surface area contributed by atoms with E-state index in [0.717, 1.165) is 23.2 Å². The summed E-state index contributed by atoms with van der Waals surface area (Å²) in [5.74, 6) is -0.0646. The summed E-state index contributed by atoms with van der Waals surface area (Å²) in [7, 11) is 0. The zero-order valence-corrected chi connectivity index (χ0v) is 12.0. The van der Waals surface area contributed by atoms with Gasteiger partial charge >= 0.3 is 0 Å². The first-order chi connectivity index (χ1) is 10.8. The number of nitrogens with one attached hydrogen (secondary N) is 2. The fourth-order valence-corrected chi connectivity index (χ4v) is 2.19. The van der Waals surface area contributed by atoms with Crippen LogP contribution in [0, 0.1) is 0 Å². The first-order valence-electron chi connectivity index (χ1n) is 7.10. The minimum atomic E-state index is -0.0646. The van der Waals surface area contributed by atoms with Gasteiger partial charge in [-0.05, 0) is 47.9 Å². The molecule has 22 heavy (non-hydrogen) atoms. The van der Waals surface area contributed by atoms with Crippen LogP contribution in [0.25, 0.3) is 11.3 Å². The Balaban J connectivity index is 1.56. The second-order valence-corrected chi connectivity index (χ2v) is 4.91. The van der Waals surface area contributed by atoms with E-state index in [0.29, 0.717) is 12.1 Å². The summed E-state index contributed by atoms with van der Waals surface area (Å²) in [4.78, 5) is 16.1. The highest BCUT2D eigenvalue weighted by atomic mass is 16.1. The molecule has 0 saturated heterocycles. The Hall–Kier alpha value is -2.95. The van der Waals surface area contributed by atoms with Crippen LogP contribution in [0.3, 0.4) is 0 Å². The number of aromatic amines is 1. The number of nitrogens with zero attached hydrogens (tertiary/aromatic N) is 2. The Bertz CT molecular complexity index is 721. The molecule has 0 aliphatic carbocycles. The van der Waals surface area contributed by atoms with Crippen LogP contribution in [-0.2, 0) is 6.42 Å². The molecule has 0 bridgehead atoms. The molecule has 2 heterocycles. The van der Waals surface area contributed by atoms with Gasteiger partial charge in [-0.2, -0.15) is 5.10 Å². The number of carbonyl (C=O) groups is 1. The Labute approximate surface area is 128 Å². The van der Waals surface area contributed by atoms with Crippen molar-refractivity contribution in [2.24, 2.45) is 0 Å². The van der Waals surface area contributed by atoms with E-state index < -0.39 is 0 Å². The lowest BCUT2D eigenvalue weighted by Crippen LogP contribution is -2.25. The standard InChI is InChI=1S/C17H16N4O/c22-17(19-11-7-13-5-9-18-10-6-13)15-3-1-14(2-4-15)16-8-12-20-21-16/h1-6,8-10,12H,7,11H2,(H,19,22)(H,20,21). The fraction of sp³-hybridized carbons (Fsp3) is 0.118. The molecule has 3 rings (SSSR count). The summed E-state index contributed by atoms with van der Waals surface area (Å²) in [5.41, 5.74) is 3.75. The number of pyridine rings is 1. The topological polar surface area (TPSA) is 70.7 Å². The number of benzene rings is 1. The average Bonchev–Trinajstić information content (AvgIpc) is 3.10. The lowest BCUT2D eigenvalue weighted by Gasteiger charge is -2.06. The van der Waals surface area contributed by atoms with E-state index in [1.165, 1.54) is 0 Å². The van der Waals surface area contributed by atoms with Crippen molar-refractivity contribution in [2.45, 2.75) is 6.42 Å². The van der Waals surface area contributed by atoms with Crippen molar-refractivity contribution in [1.29, 1.82) is 0 Å². The van der Waals surface area contributed by atoms with Crippen LogP contribution in [0.2, 0.25) is 0 Å². The van der Waals surface area contributed by atoms with Crippen molar-refractivity contribution in [3.8, 4) is 11.3 Å². The zero-order valence-electron chi connectivity index (χ0n) is 12.0. The van der Waals surface area contributed by atoms with E-state index in [2.05, 4.69) is 20.5 Å². The summed E-state index contributed by atoms with van der Waals surface area (Å²) in [6, 6.07) is 13.2. The number of carbonyl (C=O) groups excluding carboxylic acids is 1. The maximum Gasteiger partial charge on any atom is 0.251 e. The third kappa shape index (κ3) is 3.38. The number of hydrogen-bond acceptors (Lipinski definition) is 3. The maximum atomic E-state index is 12.1. The van der Waals surface area contributed by atoms with Gasteiger partial charge in [0.2, 0.25) is 0 Å². The van der Waals surface area contributed by atoms with Gasteiger partial charge in [0.1, 0.15) is 0 Å². The molecule has 0 atom stereocenters. The number of H-pyrrole nitrogens is 1. The first kappa shape index (κ1) is 14.0. The third-order valence-corrected chi connectivity index (χ3v) is 3.41. The van der Waals surface area contributed by atoms with Crippen LogP contribution in [0.4, 0.5) is 0 Å².